The van der Waals surface area contributed by atoms with Gasteiger partial charge in [0, 0.05) is 12.6 Å². The molecule has 2 rings (SSSR count). The number of carbonyl (C=O) groups is 1. The third-order valence-corrected chi connectivity index (χ3v) is 4.03. The molecule has 2 aromatic rings. The number of ether oxygens (including phenoxy) is 3. The zero-order chi connectivity index (χ0) is 18.2. The van der Waals surface area contributed by atoms with Gasteiger partial charge < -0.3 is 19.1 Å². The molecule has 1 amide bonds. The molecule has 0 aliphatic heterocycles. The van der Waals surface area contributed by atoms with Crippen LogP contribution in [-0.2, 0) is 11.2 Å². The Bertz CT molecular complexity index is 715. The molecule has 5 heteroatoms. The van der Waals surface area contributed by atoms with Gasteiger partial charge in [-0.1, -0.05) is 18.2 Å². The summed E-state index contributed by atoms with van der Waals surface area (Å²) >= 11 is 0. The van der Waals surface area contributed by atoms with Crippen molar-refractivity contribution in [1.29, 1.82) is 0 Å². The number of hydrogen-bond donors (Lipinski definition) is 0. The van der Waals surface area contributed by atoms with Crippen molar-refractivity contribution >= 4 is 5.91 Å². The van der Waals surface area contributed by atoms with E-state index in [0.717, 1.165) is 16.9 Å². The normalized spacial score (nSPS) is 10.2. The molecule has 0 aliphatic rings. The third kappa shape index (κ3) is 5.14. The lowest BCUT2D eigenvalue weighted by atomic mass is 10.1. The Morgan fingerprint density at radius 2 is 1.80 bits per heavy atom. The minimum atomic E-state index is -0.0000586. The number of amides is 1. The van der Waals surface area contributed by atoms with Crippen molar-refractivity contribution in [1.82, 2.24) is 4.90 Å². The van der Waals surface area contributed by atoms with Gasteiger partial charge in [0.25, 0.3) is 0 Å². The molecule has 0 aromatic heterocycles. The predicted octanol–water partition coefficient (Wildman–Crippen LogP) is 3.09. The first-order valence-electron chi connectivity index (χ1n) is 8.18. The van der Waals surface area contributed by atoms with Gasteiger partial charge in [0.05, 0.1) is 27.2 Å². The van der Waals surface area contributed by atoms with Crippen LogP contribution in [0.15, 0.2) is 42.5 Å². The highest BCUT2D eigenvalue weighted by atomic mass is 16.5. The molecule has 0 fully saturated rings. The molecule has 0 bridgehead atoms. The van der Waals surface area contributed by atoms with E-state index in [2.05, 4.69) is 0 Å². The molecule has 0 saturated heterocycles. The quantitative estimate of drug-likeness (QED) is 0.739. The Balaban J connectivity index is 1.91. The molecule has 0 heterocycles. The molecule has 0 unspecified atom stereocenters. The highest BCUT2D eigenvalue weighted by Gasteiger charge is 2.14. The van der Waals surface area contributed by atoms with Crippen LogP contribution in [-0.4, -0.2) is 45.2 Å². The fraction of sp³-hybridized carbons (Fsp3) is 0.350. The van der Waals surface area contributed by atoms with E-state index < -0.39 is 0 Å². The van der Waals surface area contributed by atoms with Crippen molar-refractivity contribution in [3.8, 4) is 17.2 Å². The van der Waals surface area contributed by atoms with Crippen molar-refractivity contribution in [3.05, 3.63) is 53.6 Å². The van der Waals surface area contributed by atoms with Crippen LogP contribution in [0.5, 0.6) is 17.2 Å². The zero-order valence-electron chi connectivity index (χ0n) is 15.2. The minimum absolute atomic E-state index is 0.0000586. The molecule has 0 saturated carbocycles. The number of likely N-dealkylation sites (N-methyl/N-ethyl adjacent to an activating group) is 1. The van der Waals surface area contributed by atoms with Gasteiger partial charge in [-0.05, 0) is 36.8 Å². The Hall–Kier alpha value is -2.69. The van der Waals surface area contributed by atoms with Gasteiger partial charge in [-0.3, -0.25) is 4.79 Å². The Morgan fingerprint density at radius 3 is 2.48 bits per heavy atom. The standard InChI is InChI=1S/C20H25NO4/c1-15-7-5-6-8-18(15)25-12-11-21(2)20(22)14-16-13-17(23-3)9-10-19(16)24-4/h5-10,13H,11-12,14H2,1-4H3. The van der Waals surface area contributed by atoms with Crippen molar-refractivity contribution in [2.45, 2.75) is 13.3 Å². The average Bonchev–Trinajstić information content (AvgIpc) is 2.63. The number of hydrogen-bond acceptors (Lipinski definition) is 4. The number of nitrogens with zero attached hydrogens (tertiary/aromatic N) is 1. The van der Waals surface area contributed by atoms with E-state index in [0.29, 0.717) is 24.7 Å². The highest BCUT2D eigenvalue weighted by Crippen LogP contribution is 2.24. The fourth-order valence-corrected chi connectivity index (χ4v) is 2.45. The van der Waals surface area contributed by atoms with Crippen LogP contribution in [0.25, 0.3) is 0 Å². The molecule has 0 atom stereocenters. The van der Waals surface area contributed by atoms with Crippen LogP contribution in [0.1, 0.15) is 11.1 Å². The van der Waals surface area contributed by atoms with Gasteiger partial charge >= 0.3 is 0 Å². The van der Waals surface area contributed by atoms with Crippen LogP contribution < -0.4 is 14.2 Å². The van der Waals surface area contributed by atoms with Crippen molar-refractivity contribution in [2.24, 2.45) is 0 Å². The van der Waals surface area contributed by atoms with Gasteiger partial charge in [0.2, 0.25) is 5.91 Å². The Morgan fingerprint density at radius 1 is 1.04 bits per heavy atom. The number of rotatable bonds is 8. The number of para-hydroxylation sites is 1. The molecular formula is C20H25NO4. The van der Waals surface area contributed by atoms with Crippen molar-refractivity contribution < 1.29 is 19.0 Å². The van der Waals surface area contributed by atoms with Gasteiger partial charge in [-0.25, -0.2) is 0 Å². The van der Waals surface area contributed by atoms with Gasteiger partial charge in [-0.15, -0.1) is 0 Å². The molecule has 5 nitrogen and oxygen atoms in total. The van der Waals surface area contributed by atoms with Gasteiger partial charge in [-0.2, -0.15) is 0 Å². The molecular weight excluding hydrogens is 318 g/mol. The van der Waals surface area contributed by atoms with Crippen LogP contribution in [0.3, 0.4) is 0 Å². The molecule has 0 aliphatic carbocycles. The zero-order valence-corrected chi connectivity index (χ0v) is 15.2. The summed E-state index contributed by atoms with van der Waals surface area (Å²) in [6.07, 6.45) is 0.251. The minimum Gasteiger partial charge on any atom is -0.497 e. The van der Waals surface area contributed by atoms with E-state index in [-0.39, 0.29) is 12.3 Å². The largest absolute Gasteiger partial charge is 0.497 e. The van der Waals surface area contributed by atoms with E-state index in [9.17, 15) is 4.79 Å². The van der Waals surface area contributed by atoms with Crippen LogP contribution in [0, 0.1) is 6.92 Å². The molecule has 2 aromatic carbocycles. The highest BCUT2D eigenvalue weighted by molar-refractivity contribution is 5.79. The lowest BCUT2D eigenvalue weighted by molar-refractivity contribution is -0.129. The topological polar surface area (TPSA) is 48.0 Å². The Kier molecular flexibility index (Phi) is 6.69. The van der Waals surface area contributed by atoms with Crippen molar-refractivity contribution in [2.75, 3.05) is 34.4 Å². The molecule has 0 spiro atoms. The summed E-state index contributed by atoms with van der Waals surface area (Å²) < 4.78 is 16.3. The summed E-state index contributed by atoms with van der Waals surface area (Å²) in [4.78, 5) is 14.1. The second kappa shape index (κ2) is 8.97. The Labute approximate surface area is 149 Å². The number of methoxy groups -OCH3 is 2. The third-order valence-electron chi connectivity index (χ3n) is 4.03. The summed E-state index contributed by atoms with van der Waals surface area (Å²) in [5.41, 5.74) is 1.89. The molecule has 134 valence electrons. The summed E-state index contributed by atoms with van der Waals surface area (Å²) in [6, 6.07) is 13.3. The molecule has 0 N–H and O–H groups in total. The van der Waals surface area contributed by atoms with Crippen LogP contribution in [0.4, 0.5) is 0 Å². The lowest BCUT2D eigenvalue weighted by Gasteiger charge is -2.19. The van der Waals surface area contributed by atoms with E-state index in [1.54, 1.807) is 26.2 Å². The summed E-state index contributed by atoms with van der Waals surface area (Å²) in [5.74, 6) is 2.23. The average molecular weight is 343 g/mol. The predicted molar refractivity (Wildman–Crippen MR) is 97.6 cm³/mol. The van der Waals surface area contributed by atoms with Crippen molar-refractivity contribution in [3.63, 3.8) is 0 Å². The maximum atomic E-state index is 12.5. The van der Waals surface area contributed by atoms with E-state index in [1.165, 1.54) is 0 Å². The van der Waals surface area contributed by atoms with Crippen LogP contribution >= 0.6 is 0 Å². The lowest BCUT2D eigenvalue weighted by Crippen LogP contribution is -2.32. The number of carbonyl (C=O) groups excluding carboxylic acids is 1. The second-order valence-electron chi connectivity index (χ2n) is 5.78. The molecule has 25 heavy (non-hydrogen) atoms. The fourth-order valence-electron chi connectivity index (χ4n) is 2.45. The van der Waals surface area contributed by atoms with Crippen LogP contribution in [0.2, 0.25) is 0 Å². The smallest absolute Gasteiger partial charge is 0.226 e. The number of aryl methyl sites for hydroxylation is 1. The van der Waals surface area contributed by atoms with Gasteiger partial charge in [0.15, 0.2) is 0 Å². The molecule has 0 radical (unpaired) electrons. The number of benzene rings is 2. The first kappa shape index (κ1) is 18.6. The summed E-state index contributed by atoms with van der Waals surface area (Å²) in [6.45, 7) is 2.96. The first-order valence-corrected chi connectivity index (χ1v) is 8.18. The van der Waals surface area contributed by atoms with E-state index in [1.807, 2.05) is 49.4 Å². The SMILES string of the molecule is COc1ccc(OC)c(CC(=O)N(C)CCOc2ccccc2C)c1. The maximum Gasteiger partial charge on any atom is 0.226 e. The van der Waals surface area contributed by atoms with E-state index in [4.69, 9.17) is 14.2 Å². The second-order valence-corrected chi connectivity index (χ2v) is 5.78. The van der Waals surface area contributed by atoms with Gasteiger partial charge in [0.1, 0.15) is 23.9 Å². The monoisotopic (exact) mass is 343 g/mol. The summed E-state index contributed by atoms with van der Waals surface area (Å²) in [5, 5.41) is 0. The first-order chi connectivity index (χ1) is 12.0. The van der Waals surface area contributed by atoms with E-state index >= 15 is 0 Å². The maximum absolute atomic E-state index is 12.5. The summed E-state index contributed by atoms with van der Waals surface area (Å²) in [7, 11) is 4.97.